The van der Waals surface area contributed by atoms with E-state index in [0.717, 1.165) is 25.8 Å². The summed E-state index contributed by atoms with van der Waals surface area (Å²) in [5.74, 6) is -0.194. The fourth-order valence-corrected chi connectivity index (χ4v) is 4.82. The molecule has 140 valence electrons. The first kappa shape index (κ1) is 19.7. The number of amides is 1. The standard InChI is InChI=1S/C17H33N3O3S/c1-3-16-9-4-5-11-19(16)12-7-10-18-17(21)15-8-6-13-20(14-15)24(2,22)23/h15-16H,3-14H2,1-2H3,(H,18,21). The smallest absolute Gasteiger partial charge is 0.224 e. The molecule has 7 heteroatoms. The van der Waals surface area contributed by atoms with Gasteiger partial charge in [0.25, 0.3) is 0 Å². The number of hydrogen-bond donors (Lipinski definition) is 1. The molecule has 0 aromatic heterocycles. The predicted molar refractivity (Wildman–Crippen MR) is 96.3 cm³/mol. The molecule has 2 rings (SSSR count). The van der Waals surface area contributed by atoms with Gasteiger partial charge in [-0.15, -0.1) is 0 Å². The van der Waals surface area contributed by atoms with Crippen LogP contribution in [0.25, 0.3) is 0 Å². The molecule has 2 aliphatic heterocycles. The number of carbonyl (C=O) groups excluding carboxylic acids is 1. The topological polar surface area (TPSA) is 69.7 Å². The zero-order chi connectivity index (χ0) is 17.6. The summed E-state index contributed by atoms with van der Waals surface area (Å²) in [6.45, 7) is 6.02. The number of carbonyl (C=O) groups is 1. The van der Waals surface area contributed by atoms with E-state index in [-0.39, 0.29) is 11.8 Å². The third-order valence-corrected chi connectivity index (χ3v) is 6.64. The van der Waals surface area contributed by atoms with Crippen LogP contribution in [-0.2, 0) is 14.8 Å². The number of nitrogens with one attached hydrogen (secondary N) is 1. The van der Waals surface area contributed by atoms with Gasteiger partial charge in [-0.3, -0.25) is 4.79 Å². The van der Waals surface area contributed by atoms with Crippen molar-refractivity contribution in [3.05, 3.63) is 0 Å². The summed E-state index contributed by atoms with van der Waals surface area (Å²) in [5.41, 5.74) is 0. The predicted octanol–water partition coefficient (Wildman–Crippen LogP) is 1.43. The van der Waals surface area contributed by atoms with Crippen LogP contribution in [-0.4, -0.2) is 68.6 Å². The highest BCUT2D eigenvalue weighted by atomic mass is 32.2. The Morgan fingerprint density at radius 3 is 2.67 bits per heavy atom. The fraction of sp³-hybridized carbons (Fsp3) is 0.941. The summed E-state index contributed by atoms with van der Waals surface area (Å²) < 4.78 is 24.7. The van der Waals surface area contributed by atoms with Crippen molar-refractivity contribution in [2.45, 2.75) is 57.9 Å². The normalized spacial score (nSPS) is 27.1. The minimum atomic E-state index is -3.19. The van der Waals surface area contributed by atoms with E-state index in [2.05, 4.69) is 17.1 Å². The van der Waals surface area contributed by atoms with E-state index in [4.69, 9.17) is 0 Å². The quantitative estimate of drug-likeness (QED) is 0.698. The Labute approximate surface area is 147 Å². The van der Waals surface area contributed by atoms with Crippen LogP contribution in [0.1, 0.15) is 51.9 Å². The van der Waals surface area contributed by atoms with Crippen LogP contribution in [0.4, 0.5) is 0 Å². The first-order valence-corrected chi connectivity index (χ1v) is 11.2. The molecule has 1 amide bonds. The number of likely N-dealkylation sites (tertiary alicyclic amines) is 1. The molecule has 0 bridgehead atoms. The van der Waals surface area contributed by atoms with Gasteiger partial charge in [-0.25, -0.2) is 12.7 Å². The van der Waals surface area contributed by atoms with E-state index in [1.165, 1.54) is 42.8 Å². The van der Waals surface area contributed by atoms with Crippen LogP contribution in [0.5, 0.6) is 0 Å². The Morgan fingerprint density at radius 1 is 1.17 bits per heavy atom. The highest BCUT2D eigenvalue weighted by Crippen LogP contribution is 2.20. The van der Waals surface area contributed by atoms with Crippen molar-refractivity contribution < 1.29 is 13.2 Å². The van der Waals surface area contributed by atoms with Crippen LogP contribution in [0, 0.1) is 5.92 Å². The van der Waals surface area contributed by atoms with Crippen LogP contribution in [0.15, 0.2) is 0 Å². The van der Waals surface area contributed by atoms with Crippen molar-refractivity contribution in [2.24, 2.45) is 5.92 Å². The molecule has 2 heterocycles. The number of sulfonamides is 1. The van der Waals surface area contributed by atoms with E-state index in [0.29, 0.717) is 25.7 Å². The largest absolute Gasteiger partial charge is 0.356 e. The molecule has 1 N–H and O–H groups in total. The van der Waals surface area contributed by atoms with Gasteiger partial charge in [0.05, 0.1) is 12.2 Å². The molecule has 2 atom stereocenters. The van der Waals surface area contributed by atoms with Crippen molar-refractivity contribution in [2.75, 3.05) is 39.0 Å². The van der Waals surface area contributed by atoms with Crippen LogP contribution in [0.2, 0.25) is 0 Å². The van der Waals surface area contributed by atoms with Gasteiger partial charge in [0.1, 0.15) is 0 Å². The minimum absolute atomic E-state index is 0.00837. The number of piperidine rings is 2. The second-order valence-corrected chi connectivity index (χ2v) is 9.18. The van der Waals surface area contributed by atoms with Crippen molar-refractivity contribution in [1.29, 1.82) is 0 Å². The van der Waals surface area contributed by atoms with Crippen molar-refractivity contribution in [3.8, 4) is 0 Å². The average Bonchev–Trinajstić information content (AvgIpc) is 2.58. The Morgan fingerprint density at radius 2 is 1.96 bits per heavy atom. The van der Waals surface area contributed by atoms with E-state index >= 15 is 0 Å². The van der Waals surface area contributed by atoms with Crippen molar-refractivity contribution in [3.63, 3.8) is 0 Å². The lowest BCUT2D eigenvalue weighted by Gasteiger charge is -2.35. The van der Waals surface area contributed by atoms with E-state index in [9.17, 15) is 13.2 Å². The number of nitrogens with zero attached hydrogens (tertiary/aromatic N) is 2. The molecule has 2 fully saturated rings. The molecule has 0 radical (unpaired) electrons. The highest BCUT2D eigenvalue weighted by Gasteiger charge is 2.30. The molecule has 6 nitrogen and oxygen atoms in total. The molecule has 0 aromatic rings. The molecule has 0 aromatic carbocycles. The summed E-state index contributed by atoms with van der Waals surface area (Å²) in [7, 11) is -3.19. The van der Waals surface area contributed by atoms with Gasteiger partial charge in [0.2, 0.25) is 15.9 Å². The zero-order valence-electron chi connectivity index (χ0n) is 15.2. The van der Waals surface area contributed by atoms with Crippen LogP contribution in [0.3, 0.4) is 0 Å². The highest BCUT2D eigenvalue weighted by molar-refractivity contribution is 7.88. The lowest BCUT2D eigenvalue weighted by Crippen LogP contribution is -2.45. The first-order chi connectivity index (χ1) is 11.4. The van der Waals surface area contributed by atoms with Crippen molar-refractivity contribution in [1.82, 2.24) is 14.5 Å². The average molecular weight is 360 g/mol. The molecular weight excluding hydrogens is 326 g/mol. The van der Waals surface area contributed by atoms with Gasteiger partial charge in [-0.05, 0) is 45.1 Å². The number of rotatable bonds is 7. The van der Waals surface area contributed by atoms with Gasteiger partial charge in [-0.1, -0.05) is 13.3 Å². The molecule has 0 spiro atoms. The molecular formula is C17H33N3O3S. The van der Waals surface area contributed by atoms with Crippen LogP contribution < -0.4 is 5.32 Å². The van der Waals surface area contributed by atoms with E-state index < -0.39 is 10.0 Å². The molecule has 0 saturated carbocycles. The molecule has 0 aliphatic carbocycles. The summed E-state index contributed by atoms with van der Waals surface area (Å²) in [6.07, 6.45) is 8.85. The molecule has 2 saturated heterocycles. The monoisotopic (exact) mass is 359 g/mol. The van der Waals surface area contributed by atoms with Gasteiger partial charge in [-0.2, -0.15) is 0 Å². The Kier molecular flexibility index (Phi) is 7.50. The lowest BCUT2D eigenvalue weighted by molar-refractivity contribution is -0.126. The van der Waals surface area contributed by atoms with E-state index in [1.807, 2.05) is 0 Å². The Bertz CT molecular complexity index is 509. The second-order valence-electron chi connectivity index (χ2n) is 7.20. The SMILES string of the molecule is CCC1CCCCN1CCCNC(=O)C1CCCN(S(C)(=O)=O)C1. The summed E-state index contributed by atoms with van der Waals surface area (Å²) in [6, 6.07) is 0.705. The third kappa shape index (κ3) is 5.70. The minimum Gasteiger partial charge on any atom is -0.356 e. The molecule has 2 unspecified atom stereocenters. The van der Waals surface area contributed by atoms with Crippen LogP contribution >= 0.6 is 0 Å². The summed E-state index contributed by atoms with van der Waals surface area (Å²) >= 11 is 0. The lowest BCUT2D eigenvalue weighted by atomic mass is 9.98. The second kappa shape index (κ2) is 9.15. The molecule has 24 heavy (non-hydrogen) atoms. The first-order valence-electron chi connectivity index (χ1n) is 9.38. The number of hydrogen-bond acceptors (Lipinski definition) is 4. The fourth-order valence-electron chi connectivity index (χ4n) is 3.91. The third-order valence-electron chi connectivity index (χ3n) is 5.37. The Hall–Kier alpha value is -0.660. The summed E-state index contributed by atoms with van der Waals surface area (Å²) in [5, 5.41) is 3.01. The maximum absolute atomic E-state index is 12.3. The maximum atomic E-state index is 12.3. The van der Waals surface area contributed by atoms with Crippen molar-refractivity contribution >= 4 is 15.9 Å². The van der Waals surface area contributed by atoms with E-state index in [1.54, 1.807) is 0 Å². The Balaban J connectivity index is 1.69. The molecule has 2 aliphatic rings. The van der Waals surface area contributed by atoms with Gasteiger partial charge in [0.15, 0.2) is 0 Å². The van der Waals surface area contributed by atoms with Gasteiger partial charge >= 0.3 is 0 Å². The van der Waals surface area contributed by atoms with Gasteiger partial charge < -0.3 is 10.2 Å². The zero-order valence-corrected chi connectivity index (χ0v) is 16.0. The maximum Gasteiger partial charge on any atom is 0.224 e. The summed E-state index contributed by atoms with van der Waals surface area (Å²) in [4.78, 5) is 14.9. The van der Waals surface area contributed by atoms with Gasteiger partial charge in [0, 0.05) is 32.2 Å².